The molecule has 1 atom stereocenters. The molecule has 0 aromatic carbocycles. The molecular weight excluding hydrogens is 128 g/mol. The molecule has 1 amide bonds. The number of amides is 1. The Morgan fingerprint density at radius 2 is 2.20 bits per heavy atom. The molecule has 10 heavy (non-hydrogen) atoms. The highest BCUT2D eigenvalue weighted by atomic mass is 16.2. The Kier molecular flexibility index (Phi) is 3.36. The first-order chi connectivity index (χ1) is 4.54. The van der Waals surface area contributed by atoms with Gasteiger partial charge in [0.2, 0.25) is 5.91 Å². The van der Waals surface area contributed by atoms with Gasteiger partial charge in [-0.2, -0.15) is 0 Å². The van der Waals surface area contributed by atoms with Crippen LogP contribution in [0.3, 0.4) is 0 Å². The number of carbonyl (C=O) groups excluding carboxylic acids is 1. The Balaban J connectivity index is 3.96. The molecule has 0 heterocycles. The third-order valence-electron chi connectivity index (χ3n) is 1.52. The normalized spacial score (nSPS) is 16.0. The molecule has 0 aliphatic heterocycles. The van der Waals surface area contributed by atoms with Crippen LogP contribution in [0.4, 0.5) is 0 Å². The van der Waals surface area contributed by atoms with Crippen molar-refractivity contribution >= 4 is 5.91 Å². The average molecular weight is 144 g/mol. The van der Waals surface area contributed by atoms with Crippen LogP contribution in [0.2, 0.25) is 0 Å². The largest absolute Gasteiger partial charge is 0.358 e. The number of nitrogens with two attached hydrogens (primary N) is 1. The number of hydrogen-bond donors (Lipinski definition) is 2. The smallest absolute Gasteiger partial charge is 0.239 e. The van der Waals surface area contributed by atoms with Crippen molar-refractivity contribution in [3.05, 3.63) is 0 Å². The first-order valence-electron chi connectivity index (χ1n) is 3.55. The van der Waals surface area contributed by atoms with E-state index in [0.717, 1.165) is 12.8 Å². The minimum atomic E-state index is -0.691. The molecule has 3 heteroatoms. The van der Waals surface area contributed by atoms with Crippen molar-refractivity contribution in [2.24, 2.45) is 5.73 Å². The van der Waals surface area contributed by atoms with E-state index in [1.807, 2.05) is 6.92 Å². The molecule has 0 aromatic rings. The molecule has 0 rings (SSSR count). The lowest BCUT2D eigenvalue weighted by atomic mass is 9.97. The molecule has 0 radical (unpaired) electrons. The summed E-state index contributed by atoms with van der Waals surface area (Å²) in [4.78, 5) is 11.0. The molecular formula is C7H16N2O. The summed E-state index contributed by atoms with van der Waals surface area (Å²) in [6.07, 6.45) is 1.66. The van der Waals surface area contributed by atoms with Crippen molar-refractivity contribution in [2.75, 3.05) is 7.05 Å². The predicted molar refractivity (Wildman–Crippen MR) is 41.6 cm³/mol. The number of nitrogens with one attached hydrogen (secondary N) is 1. The maximum Gasteiger partial charge on any atom is 0.239 e. The van der Waals surface area contributed by atoms with Crippen molar-refractivity contribution in [3.8, 4) is 0 Å². The summed E-state index contributed by atoms with van der Waals surface area (Å²) in [7, 11) is 1.60. The van der Waals surface area contributed by atoms with Gasteiger partial charge in [-0.1, -0.05) is 13.3 Å². The number of carbonyl (C=O) groups is 1. The molecule has 0 aliphatic rings. The lowest BCUT2D eigenvalue weighted by molar-refractivity contribution is -0.125. The first kappa shape index (κ1) is 9.43. The van der Waals surface area contributed by atoms with Crippen LogP contribution in [0.5, 0.6) is 0 Å². The summed E-state index contributed by atoms with van der Waals surface area (Å²) < 4.78 is 0. The monoisotopic (exact) mass is 144 g/mol. The summed E-state index contributed by atoms with van der Waals surface area (Å²) in [5.74, 6) is -0.0886. The van der Waals surface area contributed by atoms with Crippen LogP contribution in [0.25, 0.3) is 0 Å². The highest BCUT2D eigenvalue weighted by molar-refractivity contribution is 5.85. The fraction of sp³-hybridized carbons (Fsp3) is 0.857. The van der Waals surface area contributed by atoms with Crippen LogP contribution in [0.15, 0.2) is 0 Å². The van der Waals surface area contributed by atoms with Crippen LogP contribution in [-0.2, 0) is 4.79 Å². The van der Waals surface area contributed by atoms with Crippen molar-refractivity contribution in [3.63, 3.8) is 0 Å². The van der Waals surface area contributed by atoms with Gasteiger partial charge in [0.1, 0.15) is 0 Å². The van der Waals surface area contributed by atoms with Gasteiger partial charge in [-0.05, 0) is 13.3 Å². The highest BCUT2D eigenvalue weighted by Gasteiger charge is 2.25. The van der Waals surface area contributed by atoms with Crippen LogP contribution in [0, 0.1) is 0 Å². The average Bonchev–Trinajstić information content (AvgIpc) is 1.86. The fourth-order valence-electron chi connectivity index (χ4n) is 0.918. The molecule has 1 unspecified atom stereocenters. The summed E-state index contributed by atoms with van der Waals surface area (Å²) in [5.41, 5.74) is 4.98. The third kappa shape index (κ3) is 2.35. The Morgan fingerprint density at radius 1 is 1.70 bits per heavy atom. The second kappa shape index (κ2) is 3.56. The lowest BCUT2D eigenvalue weighted by Gasteiger charge is -2.21. The molecule has 0 aromatic heterocycles. The van der Waals surface area contributed by atoms with Gasteiger partial charge < -0.3 is 11.1 Å². The van der Waals surface area contributed by atoms with E-state index in [1.54, 1.807) is 14.0 Å². The zero-order valence-corrected chi connectivity index (χ0v) is 6.90. The van der Waals surface area contributed by atoms with Crippen molar-refractivity contribution < 1.29 is 4.79 Å². The van der Waals surface area contributed by atoms with Gasteiger partial charge in [0.05, 0.1) is 5.54 Å². The van der Waals surface area contributed by atoms with E-state index >= 15 is 0 Å². The Labute approximate surface area is 62.0 Å². The fourth-order valence-corrected chi connectivity index (χ4v) is 0.918. The predicted octanol–water partition coefficient (Wildman–Crippen LogP) is 0.250. The summed E-state index contributed by atoms with van der Waals surface area (Å²) in [6, 6.07) is 0. The maximum atomic E-state index is 11.0. The van der Waals surface area contributed by atoms with E-state index in [-0.39, 0.29) is 5.91 Å². The van der Waals surface area contributed by atoms with Crippen molar-refractivity contribution in [1.29, 1.82) is 0 Å². The van der Waals surface area contributed by atoms with Crippen LogP contribution < -0.4 is 11.1 Å². The van der Waals surface area contributed by atoms with E-state index in [1.165, 1.54) is 0 Å². The molecule has 3 N–H and O–H groups in total. The molecule has 0 saturated carbocycles. The van der Waals surface area contributed by atoms with Gasteiger partial charge in [-0.25, -0.2) is 0 Å². The topological polar surface area (TPSA) is 55.1 Å². The molecule has 0 saturated heterocycles. The number of likely N-dealkylation sites (N-methyl/N-ethyl adjacent to an activating group) is 1. The van der Waals surface area contributed by atoms with E-state index in [4.69, 9.17) is 5.73 Å². The van der Waals surface area contributed by atoms with E-state index < -0.39 is 5.54 Å². The van der Waals surface area contributed by atoms with E-state index in [2.05, 4.69) is 5.32 Å². The molecule has 0 spiro atoms. The zero-order valence-electron chi connectivity index (χ0n) is 6.90. The molecule has 60 valence electrons. The number of hydrogen-bond acceptors (Lipinski definition) is 2. The minimum absolute atomic E-state index is 0.0886. The van der Waals surface area contributed by atoms with Gasteiger partial charge in [0, 0.05) is 7.05 Å². The standard InChI is InChI=1S/C7H16N2O/c1-4-5-7(2,8)6(10)9-3/h4-5,8H2,1-3H3,(H,9,10). The Hall–Kier alpha value is -0.570. The highest BCUT2D eigenvalue weighted by Crippen LogP contribution is 2.07. The molecule has 0 bridgehead atoms. The van der Waals surface area contributed by atoms with Crippen LogP contribution in [-0.4, -0.2) is 18.5 Å². The Morgan fingerprint density at radius 3 is 2.50 bits per heavy atom. The first-order valence-corrected chi connectivity index (χ1v) is 3.55. The molecule has 0 aliphatic carbocycles. The Bertz CT molecular complexity index is 121. The van der Waals surface area contributed by atoms with Gasteiger partial charge >= 0.3 is 0 Å². The second-order valence-electron chi connectivity index (χ2n) is 2.75. The van der Waals surface area contributed by atoms with Crippen LogP contribution in [0.1, 0.15) is 26.7 Å². The maximum absolute atomic E-state index is 11.0. The quantitative estimate of drug-likeness (QED) is 0.596. The van der Waals surface area contributed by atoms with Crippen molar-refractivity contribution in [2.45, 2.75) is 32.2 Å². The van der Waals surface area contributed by atoms with Gasteiger partial charge in [-0.15, -0.1) is 0 Å². The summed E-state index contributed by atoms with van der Waals surface area (Å²) in [5, 5.41) is 2.53. The van der Waals surface area contributed by atoms with Gasteiger partial charge in [0.25, 0.3) is 0 Å². The summed E-state index contributed by atoms with van der Waals surface area (Å²) in [6.45, 7) is 3.75. The molecule has 3 nitrogen and oxygen atoms in total. The zero-order chi connectivity index (χ0) is 8.20. The third-order valence-corrected chi connectivity index (χ3v) is 1.52. The number of rotatable bonds is 3. The van der Waals surface area contributed by atoms with Crippen LogP contribution >= 0.6 is 0 Å². The van der Waals surface area contributed by atoms with E-state index in [9.17, 15) is 4.79 Å². The van der Waals surface area contributed by atoms with E-state index in [0.29, 0.717) is 0 Å². The second-order valence-corrected chi connectivity index (χ2v) is 2.75. The summed E-state index contributed by atoms with van der Waals surface area (Å²) >= 11 is 0. The SMILES string of the molecule is CCCC(C)(N)C(=O)NC. The van der Waals surface area contributed by atoms with Gasteiger partial charge in [-0.3, -0.25) is 4.79 Å². The van der Waals surface area contributed by atoms with Gasteiger partial charge in [0.15, 0.2) is 0 Å². The minimum Gasteiger partial charge on any atom is -0.358 e. The molecule has 0 fully saturated rings. The lowest BCUT2D eigenvalue weighted by Crippen LogP contribution is -2.50. The van der Waals surface area contributed by atoms with Crippen molar-refractivity contribution in [1.82, 2.24) is 5.32 Å².